The number of benzene rings is 2. The van der Waals surface area contributed by atoms with E-state index in [1.165, 1.54) is 0 Å². The van der Waals surface area contributed by atoms with Crippen molar-refractivity contribution in [2.75, 3.05) is 13.7 Å². The van der Waals surface area contributed by atoms with Gasteiger partial charge in [0, 0.05) is 23.5 Å². The van der Waals surface area contributed by atoms with E-state index >= 15 is 0 Å². The number of carbonyl (C=O) groups excluding carboxylic acids is 1. The summed E-state index contributed by atoms with van der Waals surface area (Å²) in [5, 5.41) is 2.03. The van der Waals surface area contributed by atoms with Crippen molar-refractivity contribution in [2.45, 2.75) is 27.0 Å². The average Bonchev–Trinajstić information content (AvgIpc) is 3.24. The van der Waals surface area contributed by atoms with Crippen LogP contribution in [0.4, 0.5) is 0 Å². The van der Waals surface area contributed by atoms with Crippen molar-refractivity contribution in [3.63, 3.8) is 0 Å². The van der Waals surface area contributed by atoms with Crippen molar-refractivity contribution in [2.24, 2.45) is 0 Å². The number of amides is 1. The van der Waals surface area contributed by atoms with E-state index in [-0.39, 0.29) is 5.91 Å². The molecule has 1 heterocycles. The first-order chi connectivity index (χ1) is 13.6. The van der Waals surface area contributed by atoms with E-state index in [0.29, 0.717) is 36.8 Å². The molecular weight excluding hydrogens is 370 g/mol. The van der Waals surface area contributed by atoms with E-state index in [2.05, 4.69) is 0 Å². The van der Waals surface area contributed by atoms with Crippen LogP contribution in [0.5, 0.6) is 11.5 Å². The van der Waals surface area contributed by atoms with Crippen molar-refractivity contribution < 1.29 is 14.3 Å². The molecule has 0 N–H and O–H groups in total. The van der Waals surface area contributed by atoms with Crippen LogP contribution in [0.2, 0.25) is 0 Å². The van der Waals surface area contributed by atoms with Gasteiger partial charge in [-0.3, -0.25) is 4.79 Å². The Hall–Kier alpha value is -2.79. The van der Waals surface area contributed by atoms with Gasteiger partial charge in [0.25, 0.3) is 5.91 Å². The Labute approximate surface area is 170 Å². The lowest BCUT2D eigenvalue weighted by atomic mass is 10.1. The smallest absolute Gasteiger partial charge is 0.254 e. The second-order valence-corrected chi connectivity index (χ2v) is 7.57. The number of carbonyl (C=O) groups is 1. The highest BCUT2D eigenvalue weighted by Gasteiger charge is 2.16. The topological polar surface area (TPSA) is 38.8 Å². The second kappa shape index (κ2) is 9.42. The number of hydrogen-bond acceptors (Lipinski definition) is 4. The summed E-state index contributed by atoms with van der Waals surface area (Å²) in [6.07, 6.45) is 0. The summed E-state index contributed by atoms with van der Waals surface area (Å²) in [4.78, 5) is 15.8. The molecule has 2 aromatic carbocycles. The zero-order chi connectivity index (χ0) is 19.9. The molecular formula is C23H25NO3S. The van der Waals surface area contributed by atoms with Crippen LogP contribution in [0, 0.1) is 6.92 Å². The van der Waals surface area contributed by atoms with Crippen LogP contribution in [0.3, 0.4) is 0 Å². The first kappa shape index (κ1) is 20.0. The van der Waals surface area contributed by atoms with Gasteiger partial charge >= 0.3 is 0 Å². The van der Waals surface area contributed by atoms with E-state index in [0.717, 1.165) is 16.0 Å². The zero-order valence-corrected chi connectivity index (χ0v) is 17.3. The maximum atomic E-state index is 12.9. The number of hydrogen-bond donors (Lipinski definition) is 0. The highest BCUT2D eigenvalue weighted by Crippen LogP contribution is 2.30. The standard InChI is InChI=1S/C23H25NO3S/c1-4-24(23(25)19-8-5-7-17(2)13-19)15-18-10-11-21(22(14-18)26-3)27-16-20-9-6-12-28-20/h5-14H,4,15-16H2,1-3H3. The number of thiophene rings is 1. The molecule has 1 amide bonds. The van der Waals surface area contributed by atoms with Gasteiger partial charge in [-0.2, -0.15) is 0 Å². The van der Waals surface area contributed by atoms with E-state index in [9.17, 15) is 4.79 Å². The normalized spacial score (nSPS) is 10.5. The summed E-state index contributed by atoms with van der Waals surface area (Å²) in [7, 11) is 1.63. The van der Waals surface area contributed by atoms with Crippen molar-refractivity contribution in [3.05, 3.63) is 81.5 Å². The van der Waals surface area contributed by atoms with E-state index in [1.807, 2.05) is 78.7 Å². The quantitative estimate of drug-likeness (QED) is 0.519. The van der Waals surface area contributed by atoms with Gasteiger partial charge in [0.1, 0.15) is 6.61 Å². The maximum absolute atomic E-state index is 12.9. The van der Waals surface area contributed by atoms with Crippen LogP contribution in [0.1, 0.15) is 33.3 Å². The zero-order valence-electron chi connectivity index (χ0n) is 16.5. The van der Waals surface area contributed by atoms with E-state index in [1.54, 1.807) is 18.4 Å². The summed E-state index contributed by atoms with van der Waals surface area (Å²) in [6.45, 7) is 5.65. The predicted octanol–water partition coefficient (Wildman–Crippen LogP) is 5.31. The SMILES string of the molecule is CCN(Cc1ccc(OCc2cccs2)c(OC)c1)C(=O)c1cccc(C)c1. The highest BCUT2D eigenvalue weighted by atomic mass is 32.1. The molecule has 0 unspecified atom stereocenters. The number of rotatable bonds is 8. The van der Waals surface area contributed by atoms with Gasteiger partial charge in [-0.25, -0.2) is 0 Å². The summed E-state index contributed by atoms with van der Waals surface area (Å²) >= 11 is 1.66. The summed E-state index contributed by atoms with van der Waals surface area (Å²) in [5.74, 6) is 1.41. The van der Waals surface area contributed by atoms with Crippen molar-refractivity contribution >= 4 is 17.2 Å². The molecule has 28 heavy (non-hydrogen) atoms. The van der Waals surface area contributed by atoms with Crippen LogP contribution < -0.4 is 9.47 Å². The van der Waals surface area contributed by atoms with Crippen molar-refractivity contribution in [1.29, 1.82) is 0 Å². The van der Waals surface area contributed by atoms with Gasteiger partial charge < -0.3 is 14.4 Å². The third-order valence-electron chi connectivity index (χ3n) is 4.49. The molecule has 3 rings (SSSR count). The predicted molar refractivity (Wildman–Crippen MR) is 113 cm³/mol. The second-order valence-electron chi connectivity index (χ2n) is 6.54. The Kier molecular flexibility index (Phi) is 6.71. The Bertz CT molecular complexity index is 921. The molecule has 5 heteroatoms. The number of aryl methyl sites for hydroxylation is 1. The minimum Gasteiger partial charge on any atom is -0.493 e. The first-order valence-electron chi connectivity index (χ1n) is 9.28. The van der Waals surface area contributed by atoms with Crippen molar-refractivity contribution in [1.82, 2.24) is 4.90 Å². The lowest BCUT2D eigenvalue weighted by molar-refractivity contribution is 0.0752. The van der Waals surface area contributed by atoms with Gasteiger partial charge in [-0.15, -0.1) is 11.3 Å². The number of nitrogens with zero attached hydrogens (tertiary/aromatic N) is 1. The molecule has 0 aliphatic rings. The third kappa shape index (κ3) is 4.93. The molecule has 0 aliphatic carbocycles. The molecule has 0 bridgehead atoms. The molecule has 3 aromatic rings. The molecule has 146 valence electrons. The van der Waals surface area contributed by atoms with Gasteiger partial charge in [0.15, 0.2) is 11.5 Å². The molecule has 0 spiro atoms. The van der Waals surface area contributed by atoms with Crippen LogP contribution in [0.25, 0.3) is 0 Å². The van der Waals surface area contributed by atoms with Gasteiger partial charge in [-0.05, 0) is 55.1 Å². The maximum Gasteiger partial charge on any atom is 0.254 e. The van der Waals surface area contributed by atoms with E-state index < -0.39 is 0 Å². The van der Waals surface area contributed by atoms with E-state index in [4.69, 9.17) is 9.47 Å². The highest BCUT2D eigenvalue weighted by molar-refractivity contribution is 7.09. The van der Waals surface area contributed by atoms with Crippen LogP contribution in [0.15, 0.2) is 60.0 Å². The van der Waals surface area contributed by atoms with Crippen LogP contribution >= 0.6 is 11.3 Å². The lowest BCUT2D eigenvalue weighted by Gasteiger charge is -2.22. The molecule has 0 radical (unpaired) electrons. The van der Waals surface area contributed by atoms with Gasteiger partial charge in [0.2, 0.25) is 0 Å². The summed E-state index contributed by atoms with van der Waals surface area (Å²) < 4.78 is 11.4. The number of methoxy groups -OCH3 is 1. The third-order valence-corrected chi connectivity index (χ3v) is 5.34. The molecule has 0 saturated heterocycles. The average molecular weight is 396 g/mol. The molecule has 0 atom stereocenters. The van der Waals surface area contributed by atoms with Gasteiger partial charge in [0.05, 0.1) is 7.11 Å². The van der Waals surface area contributed by atoms with Gasteiger partial charge in [-0.1, -0.05) is 29.8 Å². The number of ether oxygens (including phenoxy) is 2. The molecule has 0 saturated carbocycles. The fourth-order valence-electron chi connectivity index (χ4n) is 2.98. The summed E-state index contributed by atoms with van der Waals surface area (Å²) in [6, 6.07) is 17.6. The molecule has 1 aromatic heterocycles. The molecule has 4 nitrogen and oxygen atoms in total. The molecule has 0 aliphatic heterocycles. The summed E-state index contributed by atoms with van der Waals surface area (Å²) in [5.41, 5.74) is 2.80. The fraction of sp³-hybridized carbons (Fsp3) is 0.261. The Morgan fingerprint density at radius 2 is 1.93 bits per heavy atom. The van der Waals surface area contributed by atoms with Crippen LogP contribution in [-0.2, 0) is 13.2 Å². The monoisotopic (exact) mass is 395 g/mol. The lowest BCUT2D eigenvalue weighted by Crippen LogP contribution is -2.30. The minimum absolute atomic E-state index is 0.0307. The van der Waals surface area contributed by atoms with Crippen LogP contribution in [-0.4, -0.2) is 24.5 Å². The Balaban J connectivity index is 1.72. The molecule has 0 fully saturated rings. The van der Waals surface area contributed by atoms with Crippen molar-refractivity contribution in [3.8, 4) is 11.5 Å². The Morgan fingerprint density at radius 3 is 2.61 bits per heavy atom. The first-order valence-corrected chi connectivity index (χ1v) is 10.2. The minimum atomic E-state index is 0.0307. The fourth-order valence-corrected chi connectivity index (χ4v) is 3.60. The largest absolute Gasteiger partial charge is 0.493 e. The Morgan fingerprint density at radius 1 is 1.07 bits per heavy atom.